The number of fused-ring (bicyclic) bond motifs is 1. The molecule has 4 rings (SSSR count). The van der Waals surface area contributed by atoms with Crippen molar-refractivity contribution < 1.29 is 17.9 Å². The summed E-state index contributed by atoms with van der Waals surface area (Å²) in [5.41, 5.74) is 1.73. The SMILES string of the molecule is CCCOc1ccc(S(=O)(=O)N(CC)CCN2CCOCC2)cc1-c1nc2c(CCC)nn(C)c2c(=O)[nH]1. The van der Waals surface area contributed by atoms with E-state index in [-0.39, 0.29) is 16.3 Å². The predicted molar refractivity (Wildman–Crippen MR) is 146 cm³/mol. The van der Waals surface area contributed by atoms with E-state index in [0.717, 1.165) is 31.6 Å². The van der Waals surface area contributed by atoms with E-state index in [9.17, 15) is 13.2 Å². The molecule has 1 aromatic carbocycles. The zero-order chi connectivity index (χ0) is 27.3. The number of rotatable bonds is 12. The van der Waals surface area contributed by atoms with Gasteiger partial charge in [0, 0.05) is 39.8 Å². The van der Waals surface area contributed by atoms with Gasteiger partial charge in [0.05, 0.1) is 36.0 Å². The molecule has 11 nitrogen and oxygen atoms in total. The second-order valence-electron chi connectivity index (χ2n) is 9.39. The lowest BCUT2D eigenvalue weighted by atomic mass is 10.1. The number of nitrogens with zero attached hydrogens (tertiary/aromatic N) is 5. The molecule has 0 saturated carbocycles. The average molecular weight is 547 g/mol. The molecular weight excluding hydrogens is 508 g/mol. The summed E-state index contributed by atoms with van der Waals surface area (Å²) in [6.07, 6.45) is 2.30. The van der Waals surface area contributed by atoms with Gasteiger partial charge in [-0.25, -0.2) is 13.4 Å². The number of hydrogen-bond donors (Lipinski definition) is 1. The normalized spacial score (nSPS) is 15.0. The highest BCUT2D eigenvalue weighted by Gasteiger charge is 2.26. The third kappa shape index (κ3) is 5.93. The van der Waals surface area contributed by atoms with Gasteiger partial charge < -0.3 is 14.5 Å². The number of likely N-dealkylation sites (N-methyl/N-ethyl adjacent to an activating group) is 1. The largest absolute Gasteiger partial charge is 0.493 e. The quantitative estimate of drug-likeness (QED) is 0.368. The molecule has 1 fully saturated rings. The molecule has 1 aliphatic heterocycles. The van der Waals surface area contributed by atoms with Crippen LogP contribution in [-0.2, 0) is 28.2 Å². The fourth-order valence-corrected chi connectivity index (χ4v) is 6.11. The first-order valence-electron chi connectivity index (χ1n) is 13.3. The van der Waals surface area contributed by atoms with Gasteiger partial charge in [-0.1, -0.05) is 27.2 Å². The third-order valence-corrected chi connectivity index (χ3v) is 8.65. The molecule has 0 unspecified atom stereocenters. The second-order valence-corrected chi connectivity index (χ2v) is 11.3. The number of aromatic nitrogens is 4. The van der Waals surface area contributed by atoms with Crippen molar-refractivity contribution in [3.8, 4) is 17.1 Å². The molecule has 208 valence electrons. The summed E-state index contributed by atoms with van der Waals surface area (Å²) >= 11 is 0. The van der Waals surface area contributed by atoms with Gasteiger partial charge in [0.15, 0.2) is 5.52 Å². The van der Waals surface area contributed by atoms with E-state index in [2.05, 4.69) is 15.0 Å². The maximum absolute atomic E-state index is 13.7. The molecule has 0 amide bonds. The maximum Gasteiger partial charge on any atom is 0.277 e. The molecule has 0 aliphatic carbocycles. The number of benzene rings is 1. The lowest BCUT2D eigenvalue weighted by Gasteiger charge is -2.29. The van der Waals surface area contributed by atoms with Gasteiger partial charge in [0.25, 0.3) is 5.56 Å². The van der Waals surface area contributed by atoms with Crippen molar-refractivity contribution in [2.45, 2.75) is 44.9 Å². The second kappa shape index (κ2) is 12.4. The average Bonchev–Trinajstić information content (AvgIpc) is 3.23. The van der Waals surface area contributed by atoms with Crippen molar-refractivity contribution in [3.05, 3.63) is 34.2 Å². The van der Waals surface area contributed by atoms with Gasteiger partial charge >= 0.3 is 0 Å². The molecule has 0 radical (unpaired) electrons. The van der Waals surface area contributed by atoms with Crippen LogP contribution in [0.2, 0.25) is 0 Å². The minimum Gasteiger partial charge on any atom is -0.493 e. The Morgan fingerprint density at radius 1 is 1.16 bits per heavy atom. The number of morpholine rings is 1. The Bertz CT molecular complexity index is 1410. The highest BCUT2D eigenvalue weighted by molar-refractivity contribution is 7.89. The van der Waals surface area contributed by atoms with E-state index < -0.39 is 10.0 Å². The van der Waals surface area contributed by atoms with Gasteiger partial charge in [0.2, 0.25) is 10.0 Å². The highest BCUT2D eigenvalue weighted by atomic mass is 32.2. The minimum absolute atomic E-state index is 0.128. The van der Waals surface area contributed by atoms with Crippen LogP contribution in [0.4, 0.5) is 0 Å². The fraction of sp³-hybridized carbons (Fsp3) is 0.577. The summed E-state index contributed by atoms with van der Waals surface area (Å²) in [6, 6.07) is 4.76. The minimum atomic E-state index is -3.80. The monoisotopic (exact) mass is 546 g/mol. The predicted octanol–water partition coefficient (Wildman–Crippen LogP) is 2.41. The molecule has 12 heteroatoms. The summed E-state index contributed by atoms with van der Waals surface area (Å²) in [4.78, 5) is 23.0. The van der Waals surface area contributed by atoms with Crippen LogP contribution in [0.15, 0.2) is 27.9 Å². The summed E-state index contributed by atoms with van der Waals surface area (Å²) < 4.78 is 41.8. The van der Waals surface area contributed by atoms with Crippen LogP contribution in [0, 0.1) is 0 Å². The number of hydrogen-bond acceptors (Lipinski definition) is 8. The number of sulfonamides is 1. The van der Waals surface area contributed by atoms with Crippen LogP contribution in [-0.4, -0.2) is 89.9 Å². The van der Waals surface area contributed by atoms with E-state index in [4.69, 9.17) is 14.5 Å². The zero-order valence-corrected chi connectivity index (χ0v) is 23.5. The number of aryl methyl sites for hydroxylation is 2. The molecule has 1 N–H and O–H groups in total. The molecule has 0 spiro atoms. The van der Waals surface area contributed by atoms with Gasteiger partial charge in [-0.15, -0.1) is 0 Å². The Morgan fingerprint density at radius 3 is 2.61 bits per heavy atom. The van der Waals surface area contributed by atoms with Gasteiger partial charge in [-0.3, -0.25) is 14.4 Å². The van der Waals surface area contributed by atoms with Crippen molar-refractivity contribution in [1.29, 1.82) is 0 Å². The number of H-pyrrole nitrogens is 1. The molecule has 3 heterocycles. The van der Waals surface area contributed by atoms with Crippen molar-refractivity contribution in [1.82, 2.24) is 29.0 Å². The first kappa shape index (κ1) is 28.2. The van der Waals surface area contributed by atoms with Gasteiger partial charge in [-0.2, -0.15) is 9.40 Å². The Kier molecular flexibility index (Phi) is 9.19. The van der Waals surface area contributed by atoms with Crippen LogP contribution in [0.25, 0.3) is 22.4 Å². The van der Waals surface area contributed by atoms with Crippen molar-refractivity contribution in [2.24, 2.45) is 7.05 Å². The Labute approximate surface area is 223 Å². The van der Waals surface area contributed by atoms with Crippen molar-refractivity contribution in [3.63, 3.8) is 0 Å². The first-order valence-corrected chi connectivity index (χ1v) is 14.8. The summed E-state index contributed by atoms with van der Waals surface area (Å²) in [5.74, 6) is 0.720. The van der Waals surface area contributed by atoms with Crippen molar-refractivity contribution >= 4 is 21.1 Å². The summed E-state index contributed by atoms with van der Waals surface area (Å²) in [5, 5.41) is 4.49. The lowest BCUT2D eigenvalue weighted by molar-refractivity contribution is 0.0364. The van der Waals surface area contributed by atoms with E-state index in [1.54, 1.807) is 29.9 Å². The first-order chi connectivity index (χ1) is 18.3. The number of nitrogens with one attached hydrogen (secondary N) is 1. The van der Waals surface area contributed by atoms with Crippen LogP contribution >= 0.6 is 0 Å². The zero-order valence-electron chi connectivity index (χ0n) is 22.7. The van der Waals surface area contributed by atoms with E-state index in [0.29, 0.717) is 68.2 Å². The number of aromatic amines is 1. The van der Waals surface area contributed by atoms with Gasteiger partial charge in [-0.05, 0) is 31.0 Å². The molecule has 3 aromatic rings. The van der Waals surface area contributed by atoms with Crippen LogP contribution in [0.5, 0.6) is 5.75 Å². The maximum atomic E-state index is 13.7. The Hall–Kier alpha value is -2.80. The smallest absolute Gasteiger partial charge is 0.277 e. The summed E-state index contributed by atoms with van der Waals surface area (Å²) in [7, 11) is -2.08. The third-order valence-electron chi connectivity index (χ3n) is 6.68. The molecule has 38 heavy (non-hydrogen) atoms. The standard InChI is InChI=1S/C26H38N6O5S/c1-5-8-21-23-24(30(4)29-21)26(33)28-25(27-23)20-18-19(9-10-22(20)37-15-6-2)38(34,35)32(7-3)12-11-31-13-16-36-17-14-31/h9-10,18H,5-8,11-17H2,1-4H3,(H,27,28,33). The molecular formula is C26H38N6O5S. The molecule has 2 aromatic heterocycles. The summed E-state index contributed by atoms with van der Waals surface area (Å²) in [6.45, 7) is 10.6. The highest BCUT2D eigenvalue weighted by Crippen LogP contribution is 2.32. The molecule has 1 aliphatic rings. The van der Waals surface area contributed by atoms with E-state index >= 15 is 0 Å². The Balaban J connectivity index is 1.75. The van der Waals surface area contributed by atoms with Crippen LogP contribution in [0.1, 0.15) is 39.3 Å². The molecule has 0 bridgehead atoms. The van der Waals surface area contributed by atoms with Crippen LogP contribution < -0.4 is 10.3 Å². The van der Waals surface area contributed by atoms with Crippen LogP contribution in [0.3, 0.4) is 0 Å². The topological polar surface area (TPSA) is 123 Å². The molecule has 0 atom stereocenters. The van der Waals surface area contributed by atoms with Gasteiger partial charge in [0.1, 0.15) is 17.1 Å². The molecule has 1 saturated heterocycles. The Morgan fingerprint density at radius 2 is 1.92 bits per heavy atom. The van der Waals surface area contributed by atoms with E-state index in [1.807, 2.05) is 20.8 Å². The van der Waals surface area contributed by atoms with Crippen molar-refractivity contribution in [2.75, 3.05) is 52.5 Å². The fourth-order valence-electron chi connectivity index (χ4n) is 4.65. The van der Waals surface area contributed by atoms with E-state index in [1.165, 1.54) is 4.31 Å². The lowest BCUT2D eigenvalue weighted by Crippen LogP contribution is -2.43. The number of ether oxygens (including phenoxy) is 2.